The van der Waals surface area contributed by atoms with Gasteiger partial charge in [-0.2, -0.15) is 0 Å². The summed E-state index contributed by atoms with van der Waals surface area (Å²) < 4.78 is 11.3. The van der Waals surface area contributed by atoms with Crippen LogP contribution < -0.4 is 0 Å². The molecule has 2 unspecified atom stereocenters. The third kappa shape index (κ3) is 4.74. The lowest BCUT2D eigenvalue weighted by molar-refractivity contribution is -0.131. The molecule has 0 radical (unpaired) electrons. The van der Waals surface area contributed by atoms with Crippen LogP contribution in [0.2, 0.25) is 0 Å². The zero-order valence-electron chi connectivity index (χ0n) is 11.6. The first kappa shape index (κ1) is 15.2. The Balaban J connectivity index is 1.80. The Bertz CT molecular complexity index is 466. The first-order valence-electron chi connectivity index (χ1n) is 6.81. The largest absolute Gasteiger partial charge is 0.478 e. The van der Waals surface area contributed by atoms with E-state index in [1.807, 2.05) is 12.1 Å². The van der Waals surface area contributed by atoms with Crippen LogP contribution >= 0.6 is 11.3 Å². The second kappa shape index (κ2) is 7.57. The van der Waals surface area contributed by atoms with Crippen LogP contribution in [0.5, 0.6) is 0 Å². The van der Waals surface area contributed by atoms with Crippen LogP contribution in [0.25, 0.3) is 6.08 Å². The number of aliphatic carboxylic acids is 1. The van der Waals surface area contributed by atoms with E-state index in [2.05, 4.69) is 0 Å². The van der Waals surface area contributed by atoms with Crippen LogP contribution in [-0.2, 0) is 20.9 Å². The SMILES string of the molecule is COC1CCCC(OCc2ccc(C=CC(=O)O)s2)C1. The van der Waals surface area contributed by atoms with Crippen molar-refractivity contribution in [3.05, 3.63) is 28.0 Å². The molecule has 1 N–H and O–H groups in total. The Morgan fingerprint density at radius 1 is 1.45 bits per heavy atom. The van der Waals surface area contributed by atoms with E-state index in [0.717, 1.165) is 41.5 Å². The summed E-state index contributed by atoms with van der Waals surface area (Å²) in [6.07, 6.45) is 7.70. The van der Waals surface area contributed by atoms with Gasteiger partial charge in [0.05, 0.1) is 18.8 Å². The molecule has 20 heavy (non-hydrogen) atoms. The molecule has 1 aromatic rings. The summed E-state index contributed by atoms with van der Waals surface area (Å²) >= 11 is 1.56. The van der Waals surface area contributed by atoms with Crippen molar-refractivity contribution in [3.63, 3.8) is 0 Å². The summed E-state index contributed by atoms with van der Waals surface area (Å²) in [6, 6.07) is 3.91. The average molecular weight is 296 g/mol. The number of carboxylic acid groups (broad SMARTS) is 1. The lowest BCUT2D eigenvalue weighted by Gasteiger charge is -2.28. The van der Waals surface area contributed by atoms with Crippen LogP contribution in [-0.4, -0.2) is 30.4 Å². The molecule has 2 rings (SSSR count). The van der Waals surface area contributed by atoms with Crippen molar-refractivity contribution in [1.29, 1.82) is 0 Å². The lowest BCUT2D eigenvalue weighted by Crippen LogP contribution is -2.27. The first-order chi connectivity index (χ1) is 9.67. The third-order valence-electron chi connectivity index (χ3n) is 3.45. The quantitative estimate of drug-likeness (QED) is 0.818. The highest BCUT2D eigenvalue weighted by Crippen LogP contribution is 2.25. The van der Waals surface area contributed by atoms with E-state index in [1.54, 1.807) is 24.5 Å². The van der Waals surface area contributed by atoms with Gasteiger partial charge in [-0.15, -0.1) is 11.3 Å². The molecular weight excluding hydrogens is 276 g/mol. The Morgan fingerprint density at radius 2 is 2.25 bits per heavy atom. The molecule has 0 saturated heterocycles. The molecule has 2 atom stereocenters. The van der Waals surface area contributed by atoms with Crippen molar-refractivity contribution in [2.24, 2.45) is 0 Å². The Morgan fingerprint density at radius 3 is 3.00 bits per heavy atom. The number of ether oxygens (including phenoxy) is 2. The maximum atomic E-state index is 10.5. The van der Waals surface area contributed by atoms with Crippen molar-refractivity contribution in [2.45, 2.75) is 44.5 Å². The van der Waals surface area contributed by atoms with Crippen molar-refractivity contribution < 1.29 is 19.4 Å². The minimum atomic E-state index is -0.927. The molecule has 0 bridgehead atoms. The van der Waals surface area contributed by atoms with E-state index in [-0.39, 0.29) is 6.10 Å². The fourth-order valence-corrected chi connectivity index (χ4v) is 3.22. The average Bonchev–Trinajstić information content (AvgIpc) is 2.91. The number of rotatable bonds is 6. The van der Waals surface area contributed by atoms with Crippen molar-refractivity contribution in [2.75, 3.05) is 7.11 Å². The molecule has 1 aliphatic carbocycles. The van der Waals surface area contributed by atoms with Gasteiger partial charge in [0.15, 0.2) is 0 Å². The van der Waals surface area contributed by atoms with Gasteiger partial charge < -0.3 is 14.6 Å². The highest BCUT2D eigenvalue weighted by molar-refractivity contribution is 7.12. The van der Waals surface area contributed by atoms with Crippen LogP contribution in [0.15, 0.2) is 18.2 Å². The standard InChI is InChI=1S/C15H20O4S/c1-18-11-3-2-4-12(9-11)19-10-14-6-5-13(20-14)7-8-15(16)17/h5-8,11-12H,2-4,9-10H2,1H3,(H,16,17). The molecule has 0 aromatic carbocycles. The van der Waals surface area contributed by atoms with Gasteiger partial charge in [0.2, 0.25) is 0 Å². The topological polar surface area (TPSA) is 55.8 Å². The number of thiophene rings is 1. The van der Waals surface area contributed by atoms with E-state index in [9.17, 15) is 4.79 Å². The van der Waals surface area contributed by atoms with E-state index < -0.39 is 5.97 Å². The fraction of sp³-hybridized carbons (Fsp3) is 0.533. The van der Waals surface area contributed by atoms with Crippen LogP contribution in [0.4, 0.5) is 0 Å². The summed E-state index contributed by atoms with van der Waals surface area (Å²) in [4.78, 5) is 12.5. The molecule has 0 aliphatic heterocycles. The van der Waals surface area contributed by atoms with Gasteiger partial charge in [-0.3, -0.25) is 0 Å². The number of carboxylic acids is 1. The fourth-order valence-electron chi connectivity index (χ4n) is 2.38. The molecule has 1 fully saturated rings. The second-order valence-electron chi connectivity index (χ2n) is 4.93. The molecule has 110 valence electrons. The maximum Gasteiger partial charge on any atom is 0.328 e. The number of hydrogen-bond donors (Lipinski definition) is 1. The predicted molar refractivity (Wildman–Crippen MR) is 78.8 cm³/mol. The summed E-state index contributed by atoms with van der Waals surface area (Å²) in [5.41, 5.74) is 0. The van der Waals surface area contributed by atoms with Gasteiger partial charge in [0.25, 0.3) is 0 Å². The number of hydrogen-bond acceptors (Lipinski definition) is 4. The lowest BCUT2D eigenvalue weighted by atomic mass is 9.95. The Hall–Kier alpha value is -1.17. The van der Waals surface area contributed by atoms with Crippen molar-refractivity contribution in [3.8, 4) is 0 Å². The summed E-state index contributed by atoms with van der Waals surface area (Å²) in [5.74, 6) is -0.927. The maximum absolute atomic E-state index is 10.5. The molecule has 1 heterocycles. The molecule has 5 heteroatoms. The molecular formula is C15H20O4S. The predicted octanol–water partition coefficient (Wildman–Crippen LogP) is 3.32. The minimum Gasteiger partial charge on any atom is -0.478 e. The third-order valence-corrected chi connectivity index (χ3v) is 4.47. The highest BCUT2D eigenvalue weighted by Gasteiger charge is 2.22. The number of carbonyl (C=O) groups is 1. The first-order valence-corrected chi connectivity index (χ1v) is 7.63. The van der Waals surface area contributed by atoms with Crippen molar-refractivity contribution in [1.82, 2.24) is 0 Å². The van der Waals surface area contributed by atoms with E-state index >= 15 is 0 Å². The molecule has 1 saturated carbocycles. The molecule has 4 nitrogen and oxygen atoms in total. The van der Waals surface area contributed by atoms with Gasteiger partial charge in [-0.25, -0.2) is 4.79 Å². The number of methoxy groups -OCH3 is 1. The van der Waals surface area contributed by atoms with Crippen LogP contribution in [0, 0.1) is 0 Å². The second-order valence-corrected chi connectivity index (χ2v) is 6.13. The van der Waals surface area contributed by atoms with Crippen molar-refractivity contribution >= 4 is 23.4 Å². The van der Waals surface area contributed by atoms with Gasteiger partial charge in [0.1, 0.15) is 0 Å². The monoisotopic (exact) mass is 296 g/mol. The summed E-state index contributed by atoms with van der Waals surface area (Å²) in [6.45, 7) is 0.590. The Labute approximate surface area is 123 Å². The Kier molecular flexibility index (Phi) is 5.76. The van der Waals surface area contributed by atoms with Gasteiger partial charge in [-0.1, -0.05) is 0 Å². The summed E-state index contributed by atoms with van der Waals surface area (Å²) in [7, 11) is 1.76. The van der Waals surface area contributed by atoms with E-state index in [0.29, 0.717) is 12.7 Å². The van der Waals surface area contributed by atoms with E-state index in [1.165, 1.54) is 0 Å². The zero-order valence-corrected chi connectivity index (χ0v) is 12.4. The van der Waals surface area contributed by atoms with Gasteiger partial charge >= 0.3 is 5.97 Å². The zero-order chi connectivity index (χ0) is 14.4. The summed E-state index contributed by atoms with van der Waals surface area (Å²) in [5, 5.41) is 8.58. The van der Waals surface area contributed by atoms with Crippen LogP contribution in [0.1, 0.15) is 35.4 Å². The van der Waals surface area contributed by atoms with E-state index in [4.69, 9.17) is 14.6 Å². The molecule has 1 aromatic heterocycles. The smallest absolute Gasteiger partial charge is 0.328 e. The molecule has 0 amide bonds. The molecule has 0 spiro atoms. The molecule has 1 aliphatic rings. The highest BCUT2D eigenvalue weighted by atomic mass is 32.1. The normalized spacial score (nSPS) is 23.2. The van der Waals surface area contributed by atoms with Crippen LogP contribution in [0.3, 0.4) is 0 Å². The van der Waals surface area contributed by atoms with Gasteiger partial charge in [0, 0.05) is 22.9 Å². The van der Waals surface area contributed by atoms with Gasteiger partial charge in [-0.05, 0) is 43.9 Å². The minimum absolute atomic E-state index is 0.272.